The lowest BCUT2D eigenvalue weighted by molar-refractivity contribution is -0.138. The average Bonchev–Trinajstić information content (AvgIpc) is 2.26. The van der Waals surface area contributed by atoms with Crippen LogP contribution in [0.4, 0.5) is 0 Å². The summed E-state index contributed by atoms with van der Waals surface area (Å²) in [6, 6.07) is 0. The highest BCUT2D eigenvalue weighted by Crippen LogP contribution is 2.41. The molecule has 0 rings (SSSR count). The van der Waals surface area contributed by atoms with Crippen molar-refractivity contribution in [2.24, 2.45) is 11.3 Å². The fourth-order valence-electron chi connectivity index (χ4n) is 1.99. The number of alkyl halides is 1. The number of ether oxygens (including phenoxy) is 2. The summed E-state index contributed by atoms with van der Waals surface area (Å²) in [7, 11) is 0. The summed E-state index contributed by atoms with van der Waals surface area (Å²) in [5.41, 5.74) is -1.19. The van der Waals surface area contributed by atoms with E-state index < -0.39 is 5.60 Å². The van der Waals surface area contributed by atoms with Crippen molar-refractivity contribution < 1.29 is 14.6 Å². The van der Waals surface area contributed by atoms with Crippen LogP contribution in [0.25, 0.3) is 0 Å². The molecule has 0 aromatic rings. The van der Waals surface area contributed by atoms with E-state index in [1.807, 2.05) is 13.8 Å². The van der Waals surface area contributed by atoms with Crippen molar-refractivity contribution in [2.75, 3.05) is 19.1 Å². The monoisotopic (exact) mass is 322 g/mol. The Balaban J connectivity index is 4.73. The maximum Gasteiger partial charge on any atom is 0.0681 e. The molecule has 1 atom stereocenters. The van der Waals surface area contributed by atoms with Gasteiger partial charge >= 0.3 is 0 Å². The van der Waals surface area contributed by atoms with Gasteiger partial charge in [0.2, 0.25) is 0 Å². The number of hydrogen-bond acceptors (Lipinski definition) is 3. The summed E-state index contributed by atoms with van der Waals surface area (Å²) in [6.07, 6.45) is 0.811. The summed E-state index contributed by atoms with van der Waals surface area (Å²) in [4.78, 5) is 0. The number of hydrogen-bond donors (Lipinski definition) is 1. The van der Waals surface area contributed by atoms with Crippen molar-refractivity contribution in [3.8, 4) is 0 Å². The molecule has 128 valence electrons. The Morgan fingerprint density at radius 3 is 1.95 bits per heavy atom. The van der Waals surface area contributed by atoms with Crippen LogP contribution < -0.4 is 0 Å². The molecule has 0 aromatic carbocycles. The molecular formula is C17H35ClO3. The first-order chi connectivity index (χ1) is 9.33. The average molecular weight is 323 g/mol. The van der Waals surface area contributed by atoms with Crippen molar-refractivity contribution in [1.29, 1.82) is 0 Å². The Bertz CT molecular complexity index is 293. The van der Waals surface area contributed by atoms with Crippen LogP contribution >= 0.6 is 11.6 Å². The lowest BCUT2D eigenvalue weighted by atomic mass is 9.68. The van der Waals surface area contributed by atoms with Crippen LogP contribution in [0.3, 0.4) is 0 Å². The molecule has 1 N–H and O–H groups in total. The molecule has 0 heterocycles. The van der Waals surface area contributed by atoms with Crippen LogP contribution in [0.2, 0.25) is 0 Å². The van der Waals surface area contributed by atoms with Crippen LogP contribution in [0.5, 0.6) is 0 Å². The van der Waals surface area contributed by atoms with Crippen LogP contribution in [-0.4, -0.2) is 41.5 Å². The second-order valence-electron chi connectivity index (χ2n) is 7.88. The summed E-state index contributed by atoms with van der Waals surface area (Å²) in [6.45, 7) is 17.3. The highest BCUT2D eigenvalue weighted by atomic mass is 35.5. The maximum absolute atomic E-state index is 9.80. The van der Waals surface area contributed by atoms with E-state index in [4.69, 9.17) is 21.1 Å². The lowest BCUT2D eigenvalue weighted by Gasteiger charge is -2.46. The molecule has 0 aliphatic rings. The van der Waals surface area contributed by atoms with Gasteiger partial charge in [-0.15, -0.1) is 11.6 Å². The third kappa shape index (κ3) is 7.32. The molecule has 0 aliphatic heterocycles. The quantitative estimate of drug-likeness (QED) is 0.611. The van der Waals surface area contributed by atoms with Gasteiger partial charge < -0.3 is 14.6 Å². The van der Waals surface area contributed by atoms with E-state index in [0.717, 1.165) is 0 Å². The van der Waals surface area contributed by atoms with Crippen LogP contribution in [-0.2, 0) is 9.47 Å². The Hall–Kier alpha value is 0.170. The first-order valence-corrected chi connectivity index (χ1v) is 8.41. The fraction of sp³-hybridized carbons (Fsp3) is 1.00. The van der Waals surface area contributed by atoms with E-state index in [9.17, 15) is 5.11 Å². The molecule has 0 amide bonds. The maximum atomic E-state index is 9.80. The number of halogens is 1. The molecular weight excluding hydrogens is 288 g/mol. The van der Waals surface area contributed by atoms with E-state index in [2.05, 4.69) is 27.7 Å². The van der Waals surface area contributed by atoms with Gasteiger partial charge in [0.15, 0.2) is 0 Å². The molecule has 0 radical (unpaired) electrons. The largest absolute Gasteiger partial charge is 0.390 e. The third-order valence-electron chi connectivity index (χ3n) is 4.57. The minimum atomic E-state index is -0.702. The van der Waals surface area contributed by atoms with Gasteiger partial charge in [-0.2, -0.15) is 0 Å². The Labute approximate surface area is 136 Å². The van der Waals surface area contributed by atoms with Crippen LogP contribution in [0.1, 0.15) is 61.8 Å². The molecule has 3 nitrogen and oxygen atoms in total. The van der Waals surface area contributed by atoms with E-state index in [0.29, 0.717) is 25.5 Å². The van der Waals surface area contributed by atoms with E-state index in [-0.39, 0.29) is 23.0 Å². The predicted octanol–water partition coefficient (Wildman–Crippen LogP) is 4.25. The van der Waals surface area contributed by atoms with Gasteiger partial charge in [-0.3, -0.25) is 0 Å². The highest BCUT2D eigenvalue weighted by Gasteiger charge is 2.44. The third-order valence-corrected chi connectivity index (χ3v) is 4.94. The highest BCUT2D eigenvalue weighted by molar-refractivity contribution is 6.18. The number of aliphatic hydroxyl groups is 1. The van der Waals surface area contributed by atoms with Gasteiger partial charge in [0.05, 0.1) is 30.5 Å². The van der Waals surface area contributed by atoms with Gasteiger partial charge in [-0.1, -0.05) is 13.8 Å². The second kappa shape index (κ2) is 8.14. The molecule has 1 unspecified atom stereocenters. The summed E-state index contributed by atoms with van der Waals surface area (Å²) >= 11 is 6.17. The Morgan fingerprint density at radius 1 is 1.05 bits per heavy atom. The van der Waals surface area contributed by atoms with E-state index in [1.165, 1.54) is 0 Å². The van der Waals surface area contributed by atoms with Crippen molar-refractivity contribution in [3.63, 3.8) is 0 Å². The zero-order valence-corrected chi connectivity index (χ0v) is 15.9. The molecule has 4 heteroatoms. The van der Waals surface area contributed by atoms with Crippen molar-refractivity contribution in [1.82, 2.24) is 0 Å². The van der Waals surface area contributed by atoms with E-state index in [1.54, 1.807) is 13.8 Å². The van der Waals surface area contributed by atoms with Crippen molar-refractivity contribution in [3.05, 3.63) is 0 Å². The summed E-state index contributed by atoms with van der Waals surface area (Å²) in [5, 5.41) is 9.80. The van der Waals surface area contributed by atoms with Gasteiger partial charge in [-0.25, -0.2) is 0 Å². The smallest absolute Gasteiger partial charge is 0.0681 e. The standard InChI is InChI=1S/C17H35ClO3/c1-13(2)20-12-14(11-18)16(5,6)17(7,8)21-10-9-15(3,4)19/h13-14,19H,9-12H2,1-8H3. The first-order valence-electron chi connectivity index (χ1n) is 7.87. The fourth-order valence-corrected chi connectivity index (χ4v) is 2.46. The molecule has 21 heavy (non-hydrogen) atoms. The summed E-state index contributed by atoms with van der Waals surface area (Å²) in [5.74, 6) is 0.747. The Kier molecular flexibility index (Phi) is 8.21. The zero-order valence-electron chi connectivity index (χ0n) is 15.1. The molecule has 0 saturated heterocycles. The zero-order chi connectivity index (χ0) is 16.9. The van der Waals surface area contributed by atoms with Crippen molar-refractivity contribution >= 4 is 11.6 Å². The van der Waals surface area contributed by atoms with Gasteiger partial charge in [0.1, 0.15) is 0 Å². The van der Waals surface area contributed by atoms with Crippen LogP contribution in [0, 0.1) is 11.3 Å². The minimum absolute atomic E-state index is 0.136. The van der Waals surface area contributed by atoms with Crippen LogP contribution in [0.15, 0.2) is 0 Å². The van der Waals surface area contributed by atoms with Gasteiger partial charge in [0, 0.05) is 11.8 Å². The molecule has 0 spiro atoms. The first kappa shape index (κ1) is 21.2. The SMILES string of the molecule is CC(C)OCC(CCl)C(C)(C)C(C)(C)OCCC(C)(C)O. The molecule has 0 bridgehead atoms. The van der Waals surface area contributed by atoms with Gasteiger partial charge in [0.25, 0.3) is 0 Å². The second-order valence-corrected chi connectivity index (χ2v) is 8.18. The molecule has 0 aliphatic carbocycles. The topological polar surface area (TPSA) is 38.7 Å². The Morgan fingerprint density at radius 2 is 1.57 bits per heavy atom. The molecule has 0 saturated carbocycles. The van der Waals surface area contributed by atoms with Crippen molar-refractivity contribution in [2.45, 2.75) is 79.1 Å². The minimum Gasteiger partial charge on any atom is -0.390 e. The summed E-state index contributed by atoms with van der Waals surface area (Å²) < 4.78 is 11.8. The molecule has 0 fully saturated rings. The lowest BCUT2D eigenvalue weighted by Crippen LogP contribution is -2.49. The number of rotatable bonds is 10. The van der Waals surface area contributed by atoms with E-state index >= 15 is 0 Å². The van der Waals surface area contributed by atoms with Gasteiger partial charge in [-0.05, 0) is 53.4 Å². The predicted molar refractivity (Wildman–Crippen MR) is 90.0 cm³/mol. The normalized spacial score (nSPS) is 15.6. The molecule has 0 aromatic heterocycles.